The average molecular weight is 517 g/mol. The number of halogens is 4. The maximum absolute atomic E-state index is 13.2. The summed E-state index contributed by atoms with van der Waals surface area (Å²) in [6.45, 7) is 2.26. The third kappa shape index (κ3) is 6.92. The van der Waals surface area contributed by atoms with Gasteiger partial charge in [0.15, 0.2) is 0 Å². The number of hydrogen-bond acceptors (Lipinski definition) is 4. The van der Waals surface area contributed by atoms with Crippen LogP contribution in [-0.4, -0.2) is 29.7 Å². The number of benzene rings is 2. The van der Waals surface area contributed by atoms with Gasteiger partial charge in [-0.05, 0) is 49.2 Å². The number of aliphatic carboxylic acids is 1. The summed E-state index contributed by atoms with van der Waals surface area (Å²) < 4.78 is 45.3. The molecule has 0 spiro atoms. The molecule has 0 aliphatic rings. The van der Waals surface area contributed by atoms with Gasteiger partial charge >= 0.3 is 12.1 Å². The van der Waals surface area contributed by atoms with Gasteiger partial charge in [-0.15, -0.1) is 5.92 Å². The molecule has 9 heteroatoms. The predicted molar refractivity (Wildman–Crippen MR) is 133 cm³/mol. The second kappa shape index (κ2) is 11.8. The van der Waals surface area contributed by atoms with Crippen molar-refractivity contribution in [2.24, 2.45) is 0 Å². The second-order valence-corrected chi connectivity index (χ2v) is 8.38. The zero-order chi connectivity index (χ0) is 26.3. The van der Waals surface area contributed by atoms with Gasteiger partial charge in [0.2, 0.25) is 0 Å². The van der Waals surface area contributed by atoms with Crippen LogP contribution < -0.4 is 9.64 Å². The first-order chi connectivity index (χ1) is 17.1. The summed E-state index contributed by atoms with van der Waals surface area (Å²) in [5.41, 5.74) is 1.77. The summed E-state index contributed by atoms with van der Waals surface area (Å²) in [5.74, 6) is 5.12. The lowest BCUT2D eigenvalue weighted by atomic mass is 9.99. The van der Waals surface area contributed by atoms with Crippen LogP contribution in [0.4, 0.5) is 18.9 Å². The van der Waals surface area contributed by atoms with Crippen LogP contribution in [0.5, 0.6) is 5.75 Å². The lowest BCUT2D eigenvalue weighted by Gasteiger charge is -2.23. The number of para-hydroxylation sites is 2. The van der Waals surface area contributed by atoms with Crippen molar-refractivity contribution < 1.29 is 27.8 Å². The zero-order valence-corrected chi connectivity index (χ0v) is 20.5. The van der Waals surface area contributed by atoms with E-state index < -0.39 is 17.8 Å². The van der Waals surface area contributed by atoms with Crippen LogP contribution in [0, 0.1) is 11.8 Å². The van der Waals surface area contributed by atoms with E-state index in [-0.39, 0.29) is 18.6 Å². The predicted octanol–water partition coefficient (Wildman–Crippen LogP) is 6.67. The topological polar surface area (TPSA) is 62.7 Å². The number of ether oxygens (including phenoxy) is 1. The molecule has 0 saturated heterocycles. The van der Waals surface area contributed by atoms with E-state index in [9.17, 15) is 18.0 Å². The fourth-order valence-electron chi connectivity index (χ4n) is 3.60. The molecule has 36 heavy (non-hydrogen) atoms. The summed E-state index contributed by atoms with van der Waals surface area (Å²) in [5, 5.41) is 9.17. The molecule has 0 amide bonds. The van der Waals surface area contributed by atoms with Gasteiger partial charge in [0.25, 0.3) is 0 Å². The molecule has 5 nitrogen and oxygen atoms in total. The number of alkyl halides is 3. The Hall–Kier alpha value is -3.70. The molecular formula is C27H24ClF3N2O3. The number of carboxylic acids is 1. The molecule has 0 bridgehead atoms. The minimum absolute atomic E-state index is 0.0226. The third-order valence-corrected chi connectivity index (χ3v) is 5.59. The first-order valence-electron chi connectivity index (χ1n) is 11.0. The Morgan fingerprint density at radius 1 is 1.17 bits per heavy atom. The lowest BCUT2D eigenvalue weighted by Crippen LogP contribution is -2.17. The van der Waals surface area contributed by atoms with Crippen LogP contribution in [0.25, 0.3) is 11.1 Å². The van der Waals surface area contributed by atoms with Gasteiger partial charge in [0.1, 0.15) is 11.4 Å². The molecule has 0 unspecified atom stereocenters. The average Bonchev–Trinajstić information content (AvgIpc) is 2.83. The fraction of sp³-hybridized carbons (Fsp3) is 0.259. The fourth-order valence-corrected chi connectivity index (χ4v) is 3.82. The SMILES string of the molecule is CC#Cc1cc(C(F)(F)F)ncc1-c1cc(CN(C)c2ccccc2OCCCC(=O)O)ccc1Cl. The smallest absolute Gasteiger partial charge is 0.433 e. The van der Waals surface area contributed by atoms with Crippen molar-refractivity contribution in [3.8, 4) is 28.7 Å². The molecule has 0 fully saturated rings. The summed E-state index contributed by atoms with van der Waals surface area (Å²) >= 11 is 6.43. The van der Waals surface area contributed by atoms with Gasteiger partial charge < -0.3 is 14.7 Å². The molecular weight excluding hydrogens is 493 g/mol. The number of hydrogen-bond donors (Lipinski definition) is 1. The van der Waals surface area contributed by atoms with E-state index in [1.54, 1.807) is 19.1 Å². The second-order valence-electron chi connectivity index (χ2n) is 7.97. The third-order valence-electron chi connectivity index (χ3n) is 5.26. The molecule has 3 aromatic rings. The molecule has 1 aromatic heterocycles. The first kappa shape index (κ1) is 26.9. The molecule has 3 rings (SSSR count). The Labute approximate surface area is 212 Å². The highest BCUT2D eigenvalue weighted by Crippen LogP contribution is 2.35. The van der Waals surface area contributed by atoms with Gasteiger partial charge in [-0.2, -0.15) is 13.2 Å². The van der Waals surface area contributed by atoms with Gasteiger partial charge in [-0.1, -0.05) is 35.7 Å². The molecule has 1 heterocycles. The summed E-state index contributed by atoms with van der Waals surface area (Å²) in [6.07, 6.45) is -3.02. The Balaban J connectivity index is 1.87. The molecule has 2 aromatic carbocycles. The van der Waals surface area contributed by atoms with E-state index in [4.69, 9.17) is 21.4 Å². The van der Waals surface area contributed by atoms with Crippen molar-refractivity contribution in [1.29, 1.82) is 0 Å². The summed E-state index contributed by atoms with van der Waals surface area (Å²) in [7, 11) is 1.88. The van der Waals surface area contributed by atoms with Gasteiger partial charge in [0, 0.05) is 47.9 Å². The van der Waals surface area contributed by atoms with Crippen molar-refractivity contribution >= 4 is 23.3 Å². The van der Waals surface area contributed by atoms with E-state index >= 15 is 0 Å². The lowest BCUT2D eigenvalue weighted by molar-refractivity contribution is -0.141. The van der Waals surface area contributed by atoms with Gasteiger partial charge in [-0.3, -0.25) is 9.78 Å². The van der Waals surface area contributed by atoms with Crippen molar-refractivity contribution in [2.75, 3.05) is 18.6 Å². The Kier molecular flexibility index (Phi) is 8.83. The largest absolute Gasteiger partial charge is 0.491 e. The van der Waals surface area contributed by atoms with Gasteiger partial charge in [-0.25, -0.2) is 0 Å². The summed E-state index contributed by atoms with van der Waals surface area (Å²) in [6, 6.07) is 13.7. The zero-order valence-electron chi connectivity index (χ0n) is 19.7. The Bertz CT molecular complexity index is 1300. The molecule has 0 aliphatic heterocycles. The number of carbonyl (C=O) groups is 1. The number of aromatic nitrogens is 1. The van der Waals surface area contributed by atoms with E-state index in [0.29, 0.717) is 34.9 Å². The van der Waals surface area contributed by atoms with Crippen molar-refractivity contribution in [3.63, 3.8) is 0 Å². The highest BCUT2D eigenvalue weighted by atomic mass is 35.5. The number of anilines is 1. The van der Waals surface area contributed by atoms with Crippen LogP contribution in [0.2, 0.25) is 5.02 Å². The highest BCUT2D eigenvalue weighted by Gasteiger charge is 2.33. The normalized spacial score (nSPS) is 10.9. The van der Waals surface area contributed by atoms with Crippen LogP contribution in [0.3, 0.4) is 0 Å². The van der Waals surface area contributed by atoms with Crippen LogP contribution in [0.1, 0.15) is 36.6 Å². The number of pyridine rings is 1. The van der Waals surface area contributed by atoms with Crippen molar-refractivity contribution in [3.05, 3.63) is 76.6 Å². The van der Waals surface area contributed by atoms with E-state index in [0.717, 1.165) is 23.5 Å². The first-order valence-corrected chi connectivity index (χ1v) is 11.4. The van der Waals surface area contributed by atoms with Crippen LogP contribution in [0.15, 0.2) is 54.7 Å². The minimum Gasteiger partial charge on any atom is -0.491 e. The van der Waals surface area contributed by atoms with Crippen molar-refractivity contribution in [1.82, 2.24) is 4.98 Å². The number of rotatable bonds is 9. The summed E-state index contributed by atoms with van der Waals surface area (Å²) in [4.78, 5) is 16.3. The van der Waals surface area contributed by atoms with E-state index in [1.165, 1.54) is 0 Å². The molecule has 0 atom stereocenters. The van der Waals surface area contributed by atoms with Gasteiger partial charge in [0.05, 0.1) is 12.3 Å². The number of carboxylic acid groups (broad SMARTS) is 1. The van der Waals surface area contributed by atoms with E-state index in [2.05, 4.69) is 16.8 Å². The minimum atomic E-state index is -4.58. The maximum atomic E-state index is 13.2. The standard InChI is InChI=1S/C27H24ClF3N2O3/c1-3-7-19-15-25(27(29,30)31)32-16-21(19)20-14-18(11-12-22(20)28)17-33(2)23-8-4-5-9-24(23)36-13-6-10-26(34)35/h4-5,8-9,11-12,14-16H,6,10,13,17H2,1-2H3,(H,34,35). The van der Waals surface area contributed by atoms with Crippen LogP contribution in [-0.2, 0) is 17.5 Å². The van der Waals surface area contributed by atoms with E-state index in [1.807, 2.05) is 42.3 Å². The highest BCUT2D eigenvalue weighted by molar-refractivity contribution is 6.33. The van der Waals surface area contributed by atoms with Crippen molar-refractivity contribution in [2.45, 2.75) is 32.5 Å². The maximum Gasteiger partial charge on any atom is 0.433 e. The molecule has 0 saturated carbocycles. The Morgan fingerprint density at radius 3 is 2.61 bits per heavy atom. The quantitative estimate of drug-likeness (QED) is 0.254. The molecule has 0 radical (unpaired) electrons. The Morgan fingerprint density at radius 2 is 1.92 bits per heavy atom. The monoisotopic (exact) mass is 516 g/mol. The van der Waals surface area contributed by atoms with Crippen LogP contribution >= 0.6 is 11.6 Å². The molecule has 0 aliphatic carbocycles. The molecule has 188 valence electrons. The molecule has 1 N–H and O–H groups in total. The number of nitrogens with zero attached hydrogens (tertiary/aromatic N) is 2.